The van der Waals surface area contributed by atoms with Gasteiger partial charge in [0.2, 0.25) is 11.8 Å². The number of hydrogen-bond donors (Lipinski definition) is 3. The monoisotopic (exact) mass is 960 g/mol. The van der Waals surface area contributed by atoms with Crippen LogP contribution in [-0.4, -0.2) is 88.6 Å². The van der Waals surface area contributed by atoms with E-state index in [1.165, 1.54) is 24.3 Å². The van der Waals surface area contributed by atoms with E-state index in [4.69, 9.17) is 19.9 Å². The van der Waals surface area contributed by atoms with Crippen molar-refractivity contribution in [3.05, 3.63) is 171 Å². The third-order valence-electron chi connectivity index (χ3n) is 13.7. The molecule has 5 aromatic carbocycles. The fraction of sp³-hybridized carbons (Fsp3) is 0.315. The molecule has 5 amide bonds. The highest BCUT2D eigenvalue weighted by Gasteiger charge is 2.76. The second-order valence-corrected chi connectivity index (χ2v) is 17.9. The van der Waals surface area contributed by atoms with Crippen LogP contribution >= 0.6 is 0 Å². The van der Waals surface area contributed by atoms with Gasteiger partial charge in [0, 0.05) is 30.8 Å². The number of hydrogen-bond acceptors (Lipinski definition) is 12. The lowest BCUT2D eigenvalue weighted by Crippen LogP contribution is -2.56. The van der Waals surface area contributed by atoms with Gasteiger partial charge in [-0.2, -0.15) is 0 Å². The Morgan fingerprint density at radius 1 is 0.831 bits per heavy atom. The van der Waals surface area contributed by atoms with E-state index in [0.717, 1.165) is 29.7 Å². The van der Waals surface area contributed by atoms with E-state index < -0.39 is 70.4 Å². The van der Waals surface area contributed by atoms with Crippen molar-refractivity contribution in [1.29, 1.82) is 0 Å². The molecular weight excluding hydrogens is 909 g/mol. The van der Waals surface area contributed by atoms with Crippen molar-refractivity contribution in [3.8, 4) is 17.6 Å². The summed E-state index contributed by atoms with van der Waals surface area (Å²) in [6.07, 6.45) is 2.10. The van der Waals surface area contributed by atoms with E-state index in [0.29, 0.717) is 53.9 Å². The Labute approximate surface area is 409 Å². The Hall–Kier alpha value is -8.07. The first-order valence-electron chi connectivity index (χ1n) is 23.6. The molecule has 6 atom stereocenters. The number of nitrogens with two attached hydrogens (primary N) is 1. The van der Waals surface area contributed by atoms with E-state index in [-0.39, 0.29) is 43.3 Å². The Morgan fingerprint density at radius 3 is 2.14 bits per heavy atom. The second kappa shape index (κ2) is 20.9. The molecule has 0 radical (unpaired) electrons. The summed E-state index contributed by atoms with van der Waals surface area (Å²) in [6.45, 7) is 0.0199. The van der Waals surface area contributed by atoms with Gasteiger partial charge in [-0.1, -0.05) is 104 Å². The number of ether oxygens (including phenoxy) is 3. The number of nitrogens with one attached hydrogen (secondary N) is 1. The predicted octanol–water partition coefficient (Wildman–Crippen LogP) is 6.78. The second-order valence-electron chi connectivity index (χ2n) is 17.9. The maximum Gasteiger partial charge on any atom is 0.421 e. The number of carbonyl (C=O) groups excluding carboxylic acids is 5. The normalized spacial score (nSPS) is 22.7. The number of urea groups is 1. The molecule has 0 aromatic heterocycles. The summed E-state index contributed by atoms with van der Waals surface area (Å²) in [7, 11) is 0. The average molecular weight is 961 g/mol. The Morgan fingerprint density at radius 2 is 1.49 bits per heavy atom. The van der Waals surface area contributed by atoms with Gasteiger partial charge in [-0.05, 0) is 83.1 Å². The van der Waals surface area contributed by atoms with Gasteiger partial charge in [-0.25, -0.2) is 14.5 Å². The van der Waals surface area contributed by atoms with E-state index in [9.17, 15) is 24.8 Å². The minimum atomic E-state index is -2.08. The third kappa shape index (κ3) is 9.27. The lowest BCUT2D eigenvalue weighted by atomic mass is 9.64. The fourth-order valence-corrected chi connectivity index (χ4v) is 10.7. The molecule has 3 saturated heterocycles. The van der Waals surface area contributed by atoms with Gasteiger partial charge in [0.05, 0.1) is 41.8 Å². The largest absolute Gasteiger partial charge is 0.491 e. The van der Waals surface area contributed by atoms with Crippen LogP contribution in [0.25, 0.3) is 0 Å². The number of aliphatic hydroxyl groups is 1. The number of benzene rings is 5. The van der Waals surface area contributed by atoms with E-state index in [2.05, 4.69) is 17.2 Å². The molecule has 4 N–H and O–H groups in total. The van der Waals surface area contributed by atoms with Crippen molar-refractivity contribution in [2.24, 2.45) is 11.7 Å². The van der Waals surface area contributed by atoms with Gasteiger partial charge < -0.3 is 35.3 Å². The number of imide groups is 1. The Bertz CT molecular complexity index is 2860. The van der Waals surface area contributed by atoms with Crippen molar-refractivity contribution in [2.45, 2.75) is 68.4 Å². The number of fused-ring (bicyclic) bond motifs is 3. The van der Waals surface area contributed by atoms with Crippen molar-refractivity contribution in [1.82, 2.24) is 15.1 Å². The highest BCUT2D eigenvalue weighted by Crippen LogP contribution is 2.66. The molecule has 5 aromatic rings. The van der Waals surface area contributed by atoms with Crippen molar-refractivity contribution in [3.63, 3.8) is 0 Å². The highest BCUT2D eigenvalue weighted by atomic mass is 16.6. The van der Waals surface area contributed by atoms with Crippen molar-refractivity contribution < 1.29 is 48.2 Å². The molecular formula is C54H52N6O11. The fourth-order valence-electron chi connectivity index (χ4n) is 10.7. The molecule has 1 spiro atoms. The maximum absolute atomic E-state index is 16.6. The number of nitrogens with zero attached hydrogens (tertiary/aromatic N) is 4. The topological polar surface area (TPSA) is 224 Å². The van der Waals surface area contributed by atoms with Crippen LogP contribution in [0.5, 0.6) is 5.75 Å². The summed E-state index contributed by atoms with van der Waals surface area (Å²) in [6, 6.07) is 31.7. The van der Waals surface area contributed by atoms with Crippen LogP contribution in [0.3, 0.4) is 0 Å². The third-order valence-corrected chi connectivity index (χ3v) is 13.7. The molecule has 17 nitrogen and oxygen atoms in total. The van der Waals surface area contributed by atoms with Gasteiger partial charge in [-0.15, -0.1) is 0 Å². The molecule has 4 aliphatic heterocycles. The first kappa shape index (κ1) is 48.0. The zero-order chi connectivity index (χ0) is 49.6. The molecule has 364 valence electrons. The van der Waals surface area contributed by atoms with E-state index in [1.807, 2.05) is 65.6 Å². The van der Waals surface area contributed by atoms with Crippen LogP contribution in [0.2, 0.25) is 0 Å². The van der Waals surface area contributed by atoms with Gasteiger partial charge in [0.1, 0.15) is 36.5 Å². The van der Waals surface area contributed by atoms with Crippen LogP contribution in [-0.2, 0) is 35.9 Å². The molecule has 0 bridgehead atoms. The Balaban J connectivity index is 1.31. The number of anilines is 1. The van der Waals surface area contributed by atoms with Crippen LogP contribution in [0.15, 0.2) is 127 Å². The number of esters is 1. The minimum Gasteiger partial charge on any atom is -0.491 e. The first-order valence-corrected chi connectivity index (χ1v) is 23.6. The number of likely N-dealkylation sites (tertiary alicyclic amines) is 1. The number of nitro benzene ring substituents is 1. The number of morpholine rings is 1. The SMILES string of the molecule is NC(=O)NCC#Cc1ccc2c(c1)C1(C(=O)N2C(=O)OCc2ccc([N+](=O)[O-])cc2)C(C(=O)N2CCCCCCC2)C2C(=O)OC(c3ccccc3)C(c3ccccc3)N2C1c1ccc(OCCO)cc1. The zero-order valence-corrected chi connectivity index (χ0v) is 38.7. The smallest absolute Gasteiger partial charge is 0.421 e. The average Bonchev–Trinajstić information content (AvgIpc) is 3.83. The van der Waals surface area contributed by atoms with Crippen LogP contribution in [0.1, 0.15) is 83.7 Å². The molecule has 17 heteroatoms. The summed E-state index contributed by atoms with van der Waals surface area (Å²) in [4.78, 5) is 90.2. The minimum absolute atomic E-state index is 0.00950. The number of rotatable bonds is 11. The standard InChI is InChI=1S/C54H52N6O11/c55-52(65)56-28-12-13-35-20-27-43-42(33-35)54(51(64)58(43)53(66)70-34-36-18-23-40(24-19-36)60(67)68)44(49(62)57-29-10-2-1-3-11-30-57)46-50(63)71-47(38-16-8-5-9-17-38)45(37-14-6-4-7-15-37)59(46)48(54)39-21-25-41(26-22-39)69-32-31-61/h4-9,14-27,33,44-48,61H,1-3,10-11,28-32,34H2,(H3,55,56,65). The number of aliphatic hydroxyl groups excluding tert-OH is 1. The van der Waals surface area contributed by atoms with Crippen molar-refractivity contribution in [2.75, 3.05) is 37.7 Å². The molecule has 0 saturated carbocycles. The van der Waals surface area contributed by atoms with Gasteiger partial charge >= 0.3 is 18.1 Å². The lowest BCUT2D eigenvalue weighted by Gasteiger charge is -2.46. The van der Waals surface area contributed by atoms with Gasteiger partial charge in [0.25, 0.3) is 5.69 Å². The molecule has 3 fully saturated rings. The Kier molecular flexibility index (Phi) is 14.1. The molecule has 0 aliphatic carbocycles. The quantitative estimate of drug-likeness (QED) is 0.0539. The molecule has 71 heavy (non-hydrogen) atoms. The van der Waals surface area contributed by atoms with Crippen LogP contribution in [0, 0.1) is 27.9 Å². The summed E-state index contributed by atoms with van der Waals surface area (Å²) in [5, 5.41) is 23.5. The van der Waals surface area contributed by atoms with E-state index in [1.54, 1.807) is 47.4 Å². The molecule has 6 unspecified atom stereocenters. The summed E-state index contributed by atoms with van der Waals surface area (Å²) < 4.78 is 18.3. The summed E-state index contributed by atoms with van der Waals surface area (Å²) >= 11 is 0. The number of cyclic esters (lactones) is 1. The number of amides is 5. The van der Waals surface area contributed by atoms with Crippen molar-refractivity contribution >= 4 is 41.3 Å². The maximum atomic E-state index is 16.6. The summed E-state index contributed by atoms with van der Waals surface area (Å²) in [5.41, 5.74) is 6.07. The lowest BCUT2D eigenvalue weighted by molar-refractivity contribution is -0.384. The molecule has 4 heterocycles. The first-order chi connectivity index (χ1) is 34.5. The molecule has 9 rings (SSSR count). The van der Waals surface area contributed by atoms with Gasteiger partial charge in [-0.3, -0.25) is 29.4 Å². The highest BCUT2D eigenvalue weighted by molar-refractivity contribution is 6.23. The zero-order valence-electron chi connectivity index (χ0n) is 38.7. The van der Waals surface area contributed by atoms with Gasteiger partial charge in [0.15, 0.2) is 0 Å². The van der Waals surface area contributed by atoms with Crippen LogP contribution in [0.4, 0.5) is 21.0 Å². The molecule has 4 aliphatic rings. The number of non-ortho nitro benzene ring substituents is 1. The number of primary amides is 1. The summed E-state index contributed by atoms with van der Waals surface area (Å²) in [5.74, 6) is 2.81. The predicted molar refractivity (Wildman–Crippen MR) is 258 cm³/mol. The van der Waals surface area contributed by atoms with Crippen LogP contribution < -0.4 is 20.7 Å². The van der Waals surface area contributed by atoms with E-state index >= 15 is 14.4 Å². The number of carbonyl (C=O) groups is 5. The number of nitro groups is 1.